The lowest BCUT2D eigenvalue weighted by Crippen LogP contribution is -2.35. The van der Waals surface area contributed by atoms with E-state index in [1.165, 1.54) is 45.1 Å². The van der Waals surface area contributed by atoms with Gasteiger partial charge < -0.3 is 5.32 Å². The molecule has 0 bridgehead atoms. The molecule has 1 nitrogen and oxygen atoms in total. The quantitative estimate of drug-likeness (QED) is 0.729. The van der Waals surface area contributed by atoms with Crippen LogP contribution in [0.2, 0.25) is 0 Å². The highest BCUT2D eigenvalue weighted by molar-refractivity contribution is 7.99. The summed E-state index contributed by atoms with van der Waals surface area (Å²) in [5, 5.41) is 4.58. The van der Waals surface area contributed by atoms with Gasteiger partial charge in [-0.2, -0.15) is 11.8 Å². The highest BCUT2D eigenvalue weighted by Gasteiger charge is 2.22. The van der Waals surface area contributed by atoms with Crippen LogP contribution in [0.3, 0.4) is 0 Å². The molecule has 1 N–H and O–H groups in total. The molecule has 1 rings (SSSR count). The van der Waals surface area contributed by atoms with Gasteiger partial charge in [-0.05, 0) is 50.3 Å². The summed E-state index contributed by atoms with van der Waals surface area (Å²) in [6.07, 6.45) is 10.7. The minimum atomic E-state index is 0.803. The lowest BCUT2D eigenvalue weighted by Gasteiger charge is -2.31. The molecule has 0 spiro atoms. The molecule has 0 heterocycles. The van der Waals surface area contributed by atoms with Gasteiger partial charge in [0.2, 0.25) is 0 Å². The smallest absolute Gasteiger partial charge is 0.00697 e. The highest BCUT2D eigenvalue weighted by atomic mass is 32.2. The van der Waals surface area contributed by atoms with Crippen LogP contribution in [0.15, 0.2) is 0 Å². The van der Waals surface area contributed by atoms with Crippen molar-refractivity contribution in [1.29, 1.82) is 0 Å². The first-order valence-corrected chi connectivity index (χ1v) is 8.66. The van der Waals surface area contributed by atoms with Crippen LogP contribution in [0.1, 0.15) is 59.3 Å². The maximum atomic E-state index is 3.78. The van der Waals surface area contributed by atoms with Gasteiger partial charge in [0, 0.05) is 11.3 Å². The van der Waals surface area contributed by atoms with E-state index in [4.69, 9.17) is 0 Å². The van der Waals surface area contributed by atoms with Crippen LogP contribution in [0, 0.1) is 11.8 Å². The lowest BCUT2D eigenvalue weighted by atomic mass is 9.81. The molecule has 0 aromatic rings. The molecule has 0 saturated heterocycles. The molecule has 3 unspecified atom stereocenters. The Morgan fingerprint density at radius 1 is 1.24 bits per heavy atom. The largest absolute Gasteiger partial charge is 0.314 e. The van der Waals surface area contributed by atoms with Gasteiger partial charge in [0.1, 0.15) is 0 Å². The molecule has 2 heteroatoms. The topological polar surface area (TPSA) is 12.0 Å². The molecule has 17 heavy (non-hydrogen) atoms. The number of nitrogens with one attached hydrogen (secondary N) is 1. The van der Waals surface area contributed by atoms with Gasteiger partial charge in [0.05, 0.1) is 0 Å². The van der Waals surface area contributed by atoms with E-state index < -0.39 is 0 Å². The van der Waals surface area contributed by atoms with Crippen molar-refractivity contribution >= 4 is 11.8 Å². The Kier molecular flexibility index (Phi) is 7.61. The normalized spacial score (nSPS) is 27.4. The molecule has 1 aliphatic carbocycles. The van der Waals surface area contributed by atoms with Crippen molar-refractivity contribution in [2.45, 2.75) is 70.6 Å². The third kappa shape index (κ3) is 6.71. The Morgan fingerprint density at radius 2 is 2.00 bits per heavy atom. The van der Waals surface area contributed by atoms with Gasteiger partial charge in [-0.15, -0.1) is 0 Å². The standard InChI is InChI=1S/C15H31NS/c1-12(2)10-14-6-5-7-15(11-14)16-9-8-13(3)17-4/h12-16H,5-11H2,1-4H3. The van der Waals surface area contributed by atoms with E-state index in [0.717, 1.165) is 23.1 Å². The maximum Gasteiger partial charge on any atom is 0.00697 e. The second kappa shape index (κ2) is 8.42. The first kappa shape index (κ1) is 15.4. The van der Waals surface area contributed by atoms with Crippen molar-refractivity contribution in [3.05, 3.63) is 0 Å². The number of hydrogen-bond acceptors (Lipinski definition) is 2. The van der Waals surface area contributed by atoms with Gasteiger partial charge in [-0.25, -0.2) is 0 Å². The van der Waals surface area contributed by atoms with Crippen LogP contribution in [0.4, 0.5) is 0 Å². The molecule has 0 aliphatic heterocycles. The fourth-order valence-electron chi connectivity index (χ4n) is 2.97. The van der Waals surface area contributed by atoms with Gasteiger partial charge in [0.25, 0.3) is 0 Å². The maximum absolute atomic E-state index is 3.78. The predicted molar refractivity (Wildman–Crippen MR) is 80.8 cm³/mol. The lowest BCUT2D eigenvalue weighted by molar-refractivity contribution is 0.253. The summed E-state index contributed by atoms with van der Waals surface area (Å²) in [6.45, 7) is 8.25. The zero-order chi connectivity index (χ0) is 12.7. The minimum absolute atomic E-state index is 0.803. The second-order valence-corrected chi connectivity index (χ2v) is 7.42. The van der Waals surface area contributed by atoms with Crippen LogP contribution >= 0.6 is 11.8 Å². The predicted octanol–water partition coefficient (Wildman–Crippen LogP) is 4.32. The average molecular weight is 257 g/mol. The molecule has 0 aromatic heterocycles. The molecule has 0 radical (unpaired) electrons. The van der Waals surface area contributed by atoms with Crippen molar-refractivity contribution in [3.63, 3.8) is 0 Å². The van der Waals surface area contributed by atoms with E-state index >= 15 is 0 Å². The Labute approximate surface area is 113 Å². The minimum Gasteiger partial charge on any atom is -0.314 e. The van der Waals surface area contributed by atoms with Crippen molar-refractivity contribution in [2.75, 3.05) is 12.8 Å². The van der Waals surface area contributed by atoms with Crippen molar-refractivity contribution in [1.82, 2.24) is 5.32 Å². The molecule has 102 valence electrons. The van der Waals surface area contributed by atoms with E-state index in [-0.39, 0.29) is 0 Å². The van der Waals surface area contributed by atoms with Crippen LogP contribution in [0.25, 0.3) is 0 Å². The Morgan fingerprint density at radius 3 is 2.65 bits per heavy atom. The molecule has 3 atom stereocenters. The molecule has 0 amide bonds. The molecule has 1 fully saturated rings. The van der Waals surface area contributed by atoms with E-state index in [0.29, 0.717) is 0 Å². The summed E-state index contributed by atoms with van der Waals surface area (Å²) < 4.78 is 0. The summed E-state index contributed by atoms with van der Waals surface area (Å²) in [6, 6.07) is 0.807. The second-order valence-electron chi connectivity index (χ2n) is 6.15. The first-order valence-electron chi connectivity index (χ1n) is 7.38. The van der Waals surface area contributed by atoms with E-state index in [1.54, 1.807) is 0 Å². The van der Waals surface area contributed by atoms with Crippen LogP contribution in [0.5, 0.6) is 0 Å². The summed E-state index contributed by atoms with van der Waals surface area (Å²) in [5.41, 5.74) is 0. The highest BCUT2D eigenvalue weighted by Crippen LogP contribution is 2.29. The summed E-state index contributed by atoms with van der Waals surface area (Å²) in [5.74, 6) is 1.86. The number of rotatable bonds is 7. The van der Waals surface area contributed by atoms with E-state index in [2.05, 4.69) is 32.3 Å². The van der Waals surface area contributed by atoms with E-state index in [1.807, 2.05) is 11.8 Å². The molecule has 0 aromatic carbocycles. The Bertz CT molecular complexity index is 193. The zero-order valence-corrected chi connectivity index (χ0v) is 13.0. The molecular formula is C15H31NS. The first-order chi connectivity index (χ1) is 8.11. The van der Waals surface area contributed by atoms with Crippen molar-refractivity contribution < 1.29 is 0 Å². The third-order valence-corrected chi connectivity index (χ3v) is 5.01. The van der Waals surface area contributed by atoms with Crippen molar-refractivity contribution in [3.8, 4) is 0 Å². The molecular weight excluding hydrogens is 226 g/mol. The number of hydrogen-bond donors (Lipinski definition) is 1. The molecule has 1 saturated carbocycles. The molecule has 1 aliphatic rings. The summed E-state index contributed by atoms with van der Waals surface area (Å²) in [4.78, 5) is 0. The Balaban J connectivity index is 2.16. The fourth-order valence-corrected chi connectivity index (χ4v) is 3.32. The van der Waals surface area contributed by atoms with Gasteiger partial charge in [0.15, 0.2) is 0 Å². The Hall–Kier alpha value is 0.310. The van der Waals surface area contributed by atoms with Gasteiger partial charge >= 0.3 is 0 Å². The zero-order valence-electron chi connectivity index (χ0n) is 12.2. The van der Waals surface area contributed by atoms with Crippen LogP contribution in [-0.4, -0.2) is 24.1 Å². The fraction of sp³-hybridized carbons (Fsp3) is 1.00. The summed E-state index contributed by atoms with van der Waals surface area (Å²) >= 11 is 1.98. The van der Waals surface area contributed by atoms with Crippen LogP contribution < -0.4 is 5.32 Å². The van der Waals surface area contributed by atoms with Gasteiger partial charge in [-0.3, -0.25) is 0 Å². The number of thioether (sulfide) groups is 1. The van der Waals surface area contributed by atoms with Crippen molar-refractivity contribution in [2.24, 2.45) is 11.8 Å². The van der Waals surface area contributed by atoms with Crippen LogP contribution in [-0.2, 0) is 0 Å². The SMILES string of the molecule is CSC(C)CCNC1CCCC(CC(C)C)C1. The summed E-state index contributed by atoms with van der Waals surface area (Å²) in [7, 11) is 0. The third-order valence-electron chi connectivity index (χ3n) is 3.97. The average Bonchev–Trinajstić information content (AvgIpc) is 2.28. The monoisotopic (exact) mass is 257 g/mol. The van der Waals surface area contributed by atoms with E-state index in [9.17, 15) is 0 Å². The van der Waals surface area contributed by atoms with Gasteiger partial charge in [-0.1, -0.05) is 33.6 Å².